The largest absolute Gasteiger partial charge is 0.497 e. The molecule has 5 aromatic rings. The Balaban J connectivity index is 0.000000451. The standard InChI is InChI=1S/C27H26N6O2.C2HF3O2/c1-34-22-5-2-17(3-6-22)18-4-7-24-25(13-18)35-27(32-24)23-12-19(14-30-26(23)28)20-15-31-33(16-20)21-8-10-29-11-9-21;3-2(4,5)1(6)7/h2-7,12-16,21,29H,8-11H2,1H3,(H2,28,30);(H,6,7). The SMILES string of the molecule is COc1ccc(-c2ccc3nc(-c4cc(-c5cnn(C6CCNCC6)c5)cnc4N)oc3c2)cc1.O=C(O)C(F)(F)F. The number of nitrogens with zero attached hydrogens (tertiary/aromatic N) is 4. The highest BCUT2D eigenvalue weighted by atomic mass is 19.4. The van der Waals surface area contributed by atoms with Crippen molar-refractivity contribution in [3.05, 3.63) is 67.1 Å². The van der Waals surface area contributed by atoms with Crippen LogP contribution in [0.5, 0.6) is 5.75 Å². The fourth-order valence-corrected chi connectivity index (χ4v) is 4.57. The highest BCUT2D eigenvalue weighted by Gasteiger charge is 2.38. The number of hydrogen-bond donors (Lipinski definition) is 3. The summed E-state index contributed by atoms with van der Waals surface area (Å²) in [6.45, 7) is 2.04. The van der Waals surface area contributed by atoms with Gasteiger partial charge in [-0.2, -0.15) is 18.3 Å². The summed E-state index contributed by atoms with van der Waals surface area (Å²) in [6, 6.07) is 16.3. The molecule has 2 aromatic carbocycles. The topological polar surface area (TPSA) is 141 Å². The maximum absolute atomic E-state index is 10.6. The van der Waals surface area contributed by atoms with Gasteiger partial charge < -0.3 is 25.3 Å². The first-order valence-corrected chi connectivity index (χ1v) is 13.0. The van der Waals surface area contributed by atoms with Gasteiger partial charge in [0.05, 0.1) is 24.9 Å². The van der Waals surface area contributed by atoms with E-state index >= 15 is 0 Å². The van der Waals surface area contributed by atoms with Crippen LogP contribution >= 0.6 is 0 Å². The number of carboxylic acids is 1. The number of fused-ring (bicyclic) bond motifs is 1. The lowest BCUT2D eigenvalue weighted by Gasteiger charge is -2.22. The summed E-state index contributed by atoms with van der Waals surface area (Å²) in [7, 11) is 1.66. The molecule has 10 nitrogen and oxygen atoms in total. The number of hydrogen-bond acceptors (Lipinski definition) is 8. The van der Waals surface area contributed by atoms with Crippen LogP contribution in [0.1, 0.15) is 18.9 Å². The molecule has 0 unspecified atom stereocenters. The van der Waals surface area contributed by atoms with Crippen molar-refractivity contribution < 1.29 is 32.2 Å². The number of alkyl halides is 3. The predicted molar refractivity (Wildman–Crippen MR) is 150 cm³/mol. The minimum absolute atomic E-state index is 0.376. The first-order valence-electron chi connectivity index (χ1n) is 13.0. The van der Waals surface area contributed by atoms with Crippen LogP contribution in [0.3, 0.4) is 0 Å². The zero-order valence-electron chi connectivity index (χ0n) is 22.4. The van der Waals surface area contributed by atoms with Gasteiger partial charge in [0.2, 0.25) is 5.89 Å². The molecular formula is C29H27F3N6O4. The van der Waals surface area contributed by atoms with E-state index in [4.69, 9.17) is 24.8 Å². The van der Waals surface area contributed by atoms with E-state index < -0.39 is 12.1 Å². The molecule has 1 aliphatic heterocycles. The predicted octanol–water partition coefficient (Wildman–Crippen LogP) is 5.57. The summed E-state index contributed by atoms with van der Waals surface area (Å²) in [5.74, 6) is -1.11. The molecule has 218 valence electrons. The normalized spacial score (nSPS) is 13.9. The Bertz CT molecular complexity index is 1690. The molecule has 1 fully saturated rings. The Hall–Kier alpha value is -4.91. The van der Waals surface area contributed by atoms with E-state index in [0.29, 0.717) is 28.9 Å². The Morgan fingerprint density at radius 1 is 1.05 bits per heavy atom. The number of piperidine rings is 1. The number of nitrogens with one attached hydrogen (secondary N) is 1. The van der Waals surface area contributed by atoms with Gasteiger partial charge in [-0.15, -0.1) is 0 Å². The van der Waals surface area contributed by atoms with Crippen LogP contribution < -0.4 is 15.8 Å². The number of nitrogen functional groups attached to an aromatic ring is 1. The van der Waals surface area contributed by atoms with E-state index in [1.807, 2.05) is 54.7 Å². The van der Waals surface area contributed by atoms with Gasteiger partial charge in [0.15, 0.2) is 5.58 Å². The van der Waals surface area contributed by atoms with Crippen molar-refractivity contribution >= 4 is 22.9 Å². The van der Waals surface area contributed by atoms with E-state index in [2.05, 4.69) is 31.3 Å². The maximum Gasteiger partial charge on any atom is 0.490 e. The molecule has 0 radical (unpaired) electrons. The quantitative estimate of drug-likeness (QED) is 0.243. The number of carboxylic acid groups (broad SMARTS) is 1. The lowest BCUT2D eigenvalue weighted by atomic mass is 10.1. The molecule has 4 heterocycles. The molecule has 0 aliphatic carbocycles. The number of benzene rings is 2. The van der Waals surface area contributed by atoms with Gasteiger partial charge in [-0.25, -0.2) is 14.8 Å². The third kappa shape index (κ3) is 6.36. The monoisotopic (exact) mass is 580 g/mol. The Morgan fingerprint density at radius 3 is 2.40 bits per heavy atom. The minimum atomic E-state index is -5.08. The Kier molecular flexibility index (Phi) is 8.11. The molecular weight excluding hydrogens is 553 g/mol. The van der Waals surface area contributed by atoms with Crippen LogP contribution in [0, 0.1) is 0 Å². The van der Waals surface area contributed by atoms with Gasteiger partial charge in [0, 0.05) is 23.5 Å². The van der Waals surface area contributed by atoms with Crippen LogP contribution in [0.2, 0.25) is 0 Å². The van der Waals surface area contributed by atoms with Crippen molar-refractivity contribution in [3.63, 3.8) is 0 Å². The second-order valence-corrected chi connectivity index (χ2v) is 9.58. The first-order chi connectivity index (χ1) is 20.1. The number of carbonyl (C=O) groups is 1. The molecule has 6 rings (SSSR count). The van der Waals surface area contributed by atoms with Gasteiger partial charge in [0.25, 0.3) is 0 Å². The van der Waals surface area contributed by atoms with E-state index in [-0.39, 0.29) is 0 Å². The molecule has 0 amide bonds. The van der Waals surface area contributed by atoms with Gasteiger partial charge in [-0.05, 0) is 67.4 Å². The molecule has 1 saturated heterocycles. The lowest BCUT2D eigenvalue weighted by molar-refractivity contribution is -0.192. The fourth-order valence-electron chi connectivity index (χ4n) is 4.57. The van der Waals surface area contributed by atoms with Gasteiger partial charge >= 0.3 is 12.1 Å². The Morgan fingerprint density at radius 2 is 1.74 bits per heavy atom. The third-order valence-corrected chi connectivity index (χ3v) is 6.82. The zero-order chi connectivity index (χ0) is 29.9. The lowest BCUT2D eigenvalue weighted by Crippen LogP contribution is -2.29. The van der Waals surface area contributed by atoms with Crippen molar-refractivity contribution in [2.24, 2.45) is 0 Å². The highest BCUT2D eigenvalue weighted by Crippen LogP contribution is 2.33. The number of aromatic nitrogens is 4. The molecule has 0 atom stereocenters. The number of oxazole rings is 1. The van der Waals surface area contributed by atoms with E-state index in [1.54, 1.807) is 13.3 Å². The number of ether oxygens (including phenoxy) is 1. The van der Waals surface area contributed by atoms with Crippen molar-refractivity contribution in [2.75, 3.05) is 25.9 Å². The maximum atomic E-state index is 10.6. The van der Waals surface area contributed by atoms with E-state index in [1.165, 1.54) is 0 Å². The Labute approximate surface area is 238 Å². The van der Waals surface area contributed by atoms with E-state index in [9.17, 15) is 13.2 Å². The van der Waals surface area contributed by atoms with Crippen LogP contribution in [0.15, 0.2) is 71.5 Å². The number of aliphatic carboxylic acids is 1. The zero-order valence-corrected chi connectivity index (χ0v) is 22.4. The number of anilines is 1. The second kappa shape index (κ2) is 11.9. The summed E-state index contributed by atoms with van der Waals surface area (Å²) >= 11 is 0. The van der Waals surface area contributed by atoms with Crippen LogP contribution in [-0.4, -0.2) is 57.2 Å². The van der Waals surface area contributed by atoms with Crippen molar-refractivity contribution in [2.45, 2.75) is 25.1 Å². The smallest absolute Gasteiger partial charge is 0.490 e. The fraction of sp³-hybridized carbons (Fsp3) is 0.241. The molecule has 1 aliphatic rings. The summed E-state index contributed by atoms with van der Waals surface area (Å²) in [5, 5.41) is 15.1. The van der Waals surface area contributed by atoms with Crippen molar-refractivity contribution in [1.82, 2.24) is 25.1 Å². The number of methoxy groups -OCH3 is 1. The number of halogens is 3. The number of nitrogens with two attached hydrogens (primary N) is 1. The number of pyridine rings is 1. The first kappa shape index (κ1) is 28.6. The van der Waals surface area contributed by atoms with Crippen molar-refractivity contribution in [3.8, 4) is 39.5 Å². The third-order valence-electron chi connectivity index (χ3n) is 6.82. The van der Waals surface area contributed by atoms with Crippen LogP contribution in [0.4, 0.5) is 19.0 Å². The van der Waals surface area contributed by atoms with Gasteiger partial charge in [-0.3, -0.25) is 4.68 Å². The summed E-state index contributed by atoms with van der Waals surface area (Å²) in [5.41, 5.74) is 12.4. The summed E-state index contributed by atoms with van der Waals surface area (Å²) in [4.78, 5) is 18.0. The minimum Gasteiger partial charge on any atom is -0.497 e. The molecule has 4 N–H and O–H groups in total. The highest BCUT2D eigenvalue weighted by molar-refractivity contribution is 5.84. The average molecular weight is 581 g/mol. The van der Waals surface area contributed by atoms with Crippen LogP contribution in [0.25, 0.3) is 44.8 Å². The molecule has 3 aromatic heterocycles. The summed E-state index contributed by atoms with van der Waals surface area (Å²) in [6.07, 6.45) is 2.81. The number of rotatable bonds is 5. The molecule has 0 spiro atoms. The van der Waals surface area contributed by atoms with Gasteiger partial charge in [0.1, 0.15) is 17.1 Å². The molecule has 0 bridgehead atoms. The second-order valence-electron chi connectivity index (χ2n) is 9.58. The van der Waals surface area contributed by atoms with Crippen LogP contribution in [-0.2, 0) is 4.79 Å². The van der Waals surface area contributed by atoms with Gasteiger partial charge in [-0.1, -0.05) is 18.2 Å². The molecule has 13 heteroatoms. The molecule has 0 saturated carbocycles. The average Bonchev–Trinajstić information content (AvgIpc) is 3.65. The molecule has 42 heavy (non-hydrogen) atoms. The summed E-state index contributed by atoms with van der Waals surface area (Å²) < 4.78 is 45.2. The van der Waals surface area contributed by atoms with Crippen molar-refractivity contribution in [1.29, 1.82) is 0 Å². The van der Waals surface area contributed by atoms with E-state index in [0.717, 1.165) is 59.5 Å².